The highest BCUT2D eigenvalue weighted by molar-refractivity contribution is 7.89. The van der Waals surface area contributed by atoms with Crippen molar-refractivity contribution < 1.29 is 13.3 Å². The van der Waals surface area contributed by atoms with Crippen LogP contribution in [0.25, 0.3) is 0 Å². The molecule has 0 heterocycles. The molecule has 8 heteroatoms. The molecule has 1 aromatic carbocycles. The number of nitrogens with zero attached hydrogens (tertiary/aromatic N) is 1. The number of sulfonamides is 1. The third-order valence-electron chi connectivity index (χ3n) is 4.03. The molecule has 0 radical (unpaired) electrons. The topological polar surface area (TPSA) is 103 Å². The van der Waals surface area contributed by atoms with Crippen LogP contribution in [0.2, 0.25) is 18.1 Å². The number of nitro benzene ring substituents is 1. The smallest absolute Gasteiger partial charge is 0.258 e. The Balaban J connectivity index is 3.73. The van der Waals surface area contributed by atoms with E-state index in [4.69, 9.17) is 5.14 Å². The fraction of sp³-hybridized carbons (Fsp3) is 0.500. The summed E-state index contributed by atoms with van der Waals surface area (Å²) >= 11 is 0. The van der Waals surface area contributed by atoms with Gasteiger partial charge in [0.2, 0.25) is 10.0 Å². The van der Waals surface area contributed by atoms with Crippen LogP contribution in [-0.4, -0.2) is 21.4 Å². The molecule has 0 bridgehead atoms. The van der Waals surface area contributed by atoms with Crippen LogP contribution in [-0.2, 0) is 10.0 Å². The summed E-state index contributed by atoms with van der Waals surface area (Å²) in [6.07, 6.45) is 0. The number of non-ortho nitro benzene ring substituents is 1. The van der Waals surface area contributed by atoms with Crippen LogP contribution in [0.1, 0.15) is 20.8 Å². The van der Waals surface area contributed by atoms with Gasteiger partial charge in [0.25, 0.3) is 5.69 Å². The molecule has 20 heavy (non-hydrogen) atoms. The Labute approximate surface area is 120 Å². The third kappa shape index (κ3) is 3.08. The van der Waals surface area contributed by atoms with Crippen molar-refractivity contribution in [1.82, 2.24) is 0 Å². The van der Waals surface area contributed by atoms with Crippen molar-refractivity contribution in [3.8, 4) is 0 Å². The summed E-state index contributed by atoms with van der Waals surface area (Å²) < 4.78 is 23.5. The van der Waals surface area contributed by atoms with E-state index in [0.29, 0.717) is 5.19 Å². The number of rotatable bonds is 3. The number of nitrogens with two attached hydrogens (primary N) is 1. The highest BCUT2D eigenvalue weighted by Gasteiger charge is 2.40. The van der Waals surface area contributed by atoms with Crippen LogP contribution < -0.4 is 10.3 Å². The van der Waals surface area contributed by atoms with Gasteiger partial charge in [-0.15, -0.1) is 0 Å². The summed E-state index contributed by atoms with van der Waals surface area (Å²) in [6, 6.07) is 3.77. The highest BCUT2D eigenvalue weighted by atomic mass is 32.2. The van der Waals surface area contributed by atoms with Crippen LogP contribution in [0.15, 0.2) is 23.1 Å². The molecule has 6 nitrogen and oxygen atoms in total. The molecule has 0 aliphatic rings. The van der Waals surface area contributed by atoms with Gasteiger partial charge >= 0.3 is 0 Å². The Morgan fingerprint density at radius 3 is 2.10 bits per heavy atom. The molecule has 0 unspecified atom stereocenters. The molecule has 0 aliphatic carbocycles. The Kier molecular flexibility index (Phi) is 4.15. The second kappa shape index (κ2) is 4.94. The lowest BCUT2D eigenvalue weighted by Crippen LogP contribution is -2.51. The average Bonchev–Trinajstić information content (AvgIpc) is 2.25. The maximum Gasteiger partial charge on any atom is 0.269 e. The minimum absolute atomic E-state index is 0.00492. The van der Waals surface area contributed by atoms with Crippen molar-refractivity contribution >= 4 is 29.0 Å². The van der Waals surface area contributed by atoms with Crippen molar-refractivity contribution in [1.29, 1.82) is 0 Å². The molecular formula is C12H20N2O4SSi. The summed E-state index contributed by atoms with van der Waals surface area (Å²) in [4.78, 5) is 10.4. The molecule has 0 aliphatic heterocycles. The SMILES string of the molecule is CC(C)(C)[Si](C)(C)c1cc([N+](=O)[O-])ccc1S(N)(=O)=O. The van der Waals surface area contributed by atoms with E-state index in [0.717, 1.165) is 0 Å². The molecule has 0 fully saturated rings. The van der Waals surface area contributed by atoms with Gasteiger partial charge in [0, 0.05) is 12.1 Å². The molecule has 112 valence electrons. The van der Waals surface area contributed by atoms with Crippen LogP contribution in [0.5, 0.6) is 0 Å². The van der Waals surface area contributed by atoms with Gasteiger partial charge < -0.3 is 0 Å². The van der Waals surface area contributed by atoms with E-state index in [-0.39, 0.29) is 15.6 Å². The largest absolute Gasteiger partial charge is 0.269 e. The molecule has 2 N–H and O–H groups in total. The van der Waals surface area contributed by atoms with E-state index in [1.807, 2.05) is 33.9 Å². The number of hydrogen-bond acceptors (Lipinski definition) is 4. The Morgan fingerprint density at radius 2 is 1.75 bits per heavy atom. The second-order valence-corrected chi connectivity index (χ2v) is 13.2. The van der Waals surface area contributed by atoms with E-state index >= 15 is 0 Å². The van der Waals surface area contributed by atoms with E-state index in [1.54, 1.807) is 0 Å². The Bertz CT molecular complexity index is 648. The Hall–Kier alpha value is -1.25. The number of benzene rings is 1. The summed E-state index contributed by atoms with van der Waals surface area (Å²) in [5, 5.41) is 16.5. The molecule has 0 saturated heterocycles. The van der Waals surface area contributed by atoms with E-state index < -0.39 is 23.0 Å². The van der Waals surface area contributed by atoms with Gasteiger partial charge in [-0.05, 0) is 16.3 Å². The summed E-state index contributed by atoms with van der Waals surface area (Å²) in [5.41, 5.74) is -0.114. The van der Waals surface area contributed by atoms with Crippen molar-refractivity contribution in [2.45, 2.75) is 43.8 Å². The fourth-order valence-electron chi connectivity index (χ4n) is 1.77. The predicted octanol–water partition coefficient (Wildman–Crippen LogP) is 1.96. The maximum atomic E-state index is 11.7. The maximum absolute atomic E-state index is 11.7. The zero-order valence-electron chi connectivity index (χ0n) is 12.3. The summed E-state index contributed by atoms with van der Waals surface area (Å²) in [7, 11) is -6.18. The molecule has 0 spiro atoms. The van der Waals surface area contributed by atoms with Gasteiger partial charge in [-0.25, -0.2) is 13.6 Å². The zero-order valence-corrected chi connectivity index (χ0v) is 14.1. The molecule has 1 aromatic rings. The van der Waals surface area contributed by atoms with E-state index in [1.165, 1.54) is 18.2 Å². The monoisotopic (exact) mass is 316 g/mol. The molecule has 0 aromatic heterocycles. The van der Waals surface area contributed by atoms with Gasteiger partial charge in [-0.2, -0.15) is 0 Å². The molecule has 0 amide bonds. The summed E-state index contributed by atoms with van der Waals surface area (Å²) in [5.74, 6) is 0. The first kappa shape index (κ1) is 16.8. The van der Waals surface area contributed by atoms with E-state index in [2.05, 4.69) is 0 Å². The number of hydrogen-bond donors (Lipinski definition) is 1. The molecule has 1 rings (SSSR count). The van der Waals surface area contributed by atoms with Crippen molar-refractivity contribution in [2.24, 2.45) is 5.14 Å². The first-order valence-electron chi connectivity index (χ1n) is 6.10. The highest BCUT2D eigenvalue weighted by Crippen LogP contribution is 2.37. The number of nitro groups is 1. The lowest BCUT2D eigenvalue weighted by molar-refractivity contribution is -0.384. The Morgan fingerprint density at radius 1 is 1.25 bits per heavy atom. The minimum atomic E-state index is -3.91. The van der Waals surface area contributed by atoms with Gasteiger partial charge in [0.15, 0.2) is 0 Å². The quantitative estimate of drug-likeness (QED) is 0.523. The van der Waals surface area contributed by atoms with Gasteiger partial charge in [0.1, 0.15) is 0 Å². The first-order valence-corrected chi connectivity index (χ1v) is 10.6. The average molecular weight is 316 g/mol. The molecule has 0 saturated carbocycles. The van der Waals surface area contributed by atoms with Crippen LogP contribution >= 0.6 is 0 Å². The van der Waals surface area contributed by atoms with Crippen LogP contribution in [0.3, 0.4) is 0 Å². The minimum Gasteiger partial charge on any atom is -0.258 e. The van der Waals surface area contributed by atoms with Crippen LogP contribution in [0, 0.1) is 10.1 Å². The number of primary sulfonamides is 1. The predicted molar refractivity (Wildman–Crippen MR) is 81.3 cm³/mol. The fourth-order valence-corrected chi connectivity index (χ4v) is 5.60. The van der Waals surface area contributed by atoms with Gasteiger partial charge in [0.05, 0.1) is 17.9 Å². The van der Waals surface area contributed by atoms with E-state index in [9.17, 15) is 18.5 Å². The normalized spacial score (nSPS) is 13.3. The third-order valence-corrected chi connectivity index (χ3v) is 10.7. The molecular weight excluding hydrogens is 296 g/mol. The zero-order chi connectivity index (χ0) is 15.9. The molecule has 0 atom stereocenters. The standard InChI is InChI=1S/C12H20N2O4SSi/c1-12(2,3)20(4,5)11-8-9(14(15)16)6-7-10(11)19(13,17)18/h6-8H,1-5H3,(H2,13,17,18). The summed E-state index contributed by atoms with van der Waals surface area (Å²) in [6.45, 7) is 9.99. The van der Waals surface area contributed by atoms with Crippen molar-refractivity contribution in [3.63, 3.8) is 0 Å². The van der Waals surface area contributed by atoms with Gasteiger partial charge in [-0.1, -0.05) is 33.9 Å². The lowest BCUT2D eigenvalue weighted by atomic mass is 10.2. The van der Waals surface area contributed by atoms with Crippen molar-refractivity contribution in [3.05, 3.63) is 28.3 Å². The van der Waals surface area contributed by atoms with Gasteiger partial charge in [-0.3, -0.25) is 10.1 Å². The second-order valence-electron chi connectivity index (χ2n) is 6.36. The first-order chi connectivity index (χ1) is 8.78. The van der Waals surface area contributed by atoms with Crippen molar-refractivity contribution in [2.75, 3.05) is 0 Å². The van der Waals surface area contributed by atoms with Crippen LogP contribution in [0.4, 0.5) is 5.69 Å². The lowest BCUT2D eigenvalue weighted by Gasteiger charge is -2.38.